The van der Waals surface area contributed by atoms with Crippen LogP contribution in [0, 0.1) is 0 Å². The smallest absolute Gasteiger partial charge is 0.131 e. The Bertz CT molecular complexity index is 776. The molecule has 1 aromatic carbocycles. The van der Waals surface area contributed by atoms with Crippen molar-refractivity contribution >= 4 is 28.2 Å². The molecule has 1 saturated carbocycles. The largest absolute Gasteiger partial charge is 0.380 e. The van der Waals surface area contributed by atoms with E-state index in [0.29, 0.717) is 17.5 Å². The Morgan fingerprint density at radius 2 is 2.00 bits per heavy atom. The number of nitrogens with one attached hydrogen (secondary N) is 2. The zero-order valence-electron chi connectivity index (χ0n) is 11.3. The molecule has 106 valence electrons. The standard InChI is InChI=1S/C15H14ClN5/c16-14-11-8-20-21-12(11)3-4-13(14)17-5-9-6-18-15(19-7-9)10-1-2-10/h3-4,6-8,10,17H,1-2,5H2,(H,20,21). The Balaban J connectivity index is 1.50. The number of benzene rings is 1. The van der Waals surface area contributed by atoms with E-state index >= 15 is 0 Å². The van der Waals surface area contributed by atoms with E-state index in [4.69, 9.17) is 11.6 Å². The van der Waals surface area contributed by atoms with Crippen molar-refractivity contribution in [2.75, 3.05) is 5.32 Å². The van der Waals surface area contributed by atoms with Gasteiger partial charge in [-0.3, -0.25) is 5.10 Å². The molecular weight excluding hydrogens is 286 g/mol. The summed E-state index contributed by atoms with van der Waals surface area (Å²) in [5, 5.41) is 11.8. The summed E-state index contributed by atoms with van der Waals surface area (Å²) in [5.74, 6) is 1.56. The summed E-state index contributed by atoms with van der Waals surface area (Å²) in [4.78, 5) is 8.84. The Morgan fingerprint density at radius 1 is 1.19 bits per heavy atom. The van der Waals surface area contributed by atoms with Gasteiger partial charge in [0, 0.05) is 35.8 Å². The molecule has 21 heavy (non-hydrogen) atoms. The molecule has 5 nitrogen and oxygen atoms in total. The maximum atomic E-state index is 6.37. The topological polar surface area (TPSA) is 66.5 Å². The predicted molar refractivity (Wildman–Crippen MR) is 82.4 cm³/mol. The number of hydrogen-bond acceptors (Lipinski definition) is 4. The SMILES string of the molecule is Clc1c(NCc2cnc(C3CC3)nc2)ccc2[nH]ncc12. The van der Waals surface area contributed by atoms with Gasteiger partial charge in [0.2, 0.25) is 0 Å². The lowest BCUT2D eigenvalue weighted by atomic mass is 10.2. The highest BCUT2D eigenvalue weighted by molar-refractivity contribution is 6.38. The third-order valence-corrected chi connectivity index (χ3v) is 4.12. The number of anilines is 1. The fourth-order valence-electron chi connectivity index (χ4n) is 2.33. The quantitative estimate of drug-likeness (QED) is 0.774. The number of rotatable bonds is 4. The van der Waals surface area contributed by atoms with Gasteiger partial charge in [-0.05, 0) is 25.0 Å². The molecule has 6 heteroatoms. The predicted octanol–water partition coefficient (Wildman–Crippen LogP) is 3.50. The molecule has 0 aliphatic heterocycles. The first kappa shape index (κ1) is 12.6. The molecule has 0 atom stereocenters. The number of aromatic amines is 1. The van der Waals surface area contributed by atoms with Crippen LogP contribution in [0.5, 0.6) is 0 Å². The minimum Gasteiger partial charge on any atom is -0.380 e. The van der Waals surface area contributed by atoms with Crippen LogP contribution in [0.15, 0.2) is 30.7 Å². The van der Waals surface area contributed by atoms with Crippen molar-refractivity contribution in [3.63, 3.8) is 0 Å². The minimum absolute atomic E-state index is 0.588. The second-order valence-electron chi connectivity index (χ2n) is 5.34. The van der Waals surface area contributed by atoms with Crippen LogP contribution in [-0.4, -0.2) is 20.2 Å². The van der Waals surface area contributed by atoms with E-state index in [1.165, 1.54) is 12.8 Å². The average Bonchev–Trinajstić information content (AvgIpc) is 3.25. The molecule has 0 amide bonds. The second kappa shape index (κ2) is 5.00. The summed E-state index contributed by atoms with van der Waals surface area (Å²) < 4.78 is 0. The normalized spacial score (nSPS) is 14.5. The fraction of sp³-hybridized carbons (Fsp3) is 0.267. The molecule has 0 bridgehead atoms. The maximum Gasteiger partial charge on any atom is 0.131 e. The van der Waals surface area contributed by atoms with Crippen LogP contribution in [0.1, 0.15) is 30.1 Å². The van der Waals surface area contributed by atoms with E-state index in [2.05, 4.69) is 25.5 Å². The van der Waals surface area contributed by atoms with Crippen LogP contribution in [-0.2, 0) is 6.54 Å². The summed E-state index contributed by atoms with van der Waals surface area (Å²) in [7, 11) is 0. The lowest BCUT2D eigenvalue weighted by Crippen LogP contribution is -2.02. The molecule has 1 aliphatic carbocycles. The minimum atomic E-state index is 0.588. The molecule has 0 radical (unpaired) electrons. The first-order valence-electron chi connectivity index (χ1n) is 6.97. The molecule has 3 aromatic rings. The lowest BCUT2D eigenvalue weighted by Gasteiger charge is -2.09. The van der Waals surface area contributed by atoms with Crippen LogP contribution >= 0.6 is 11.6 Å². The molecule has 1 aliphatic rings. The van der Waals surface area contributed by atoms with Gasteiger partial charge in [-0.25, -0.2) is 9.97 Å². The summed E-state index contributed by atoms with van der Waals surface area (Å²) in [6.07, 6.45) is 7.95. The molecule has 0 spiro atoms. The fourth-order valence-corrected chi connectivity index (χ4v) is 2.61. The molecule has 0 saturated heterocycles. The van der Waals surface area contributed by atoms with Crippen molar-refractivity contribution in [2.24, 2.45) is 0 Å². The molecule has 2 heterocycles. The third-order valence-electron chi connectivity index (χ3n) is 3.71. The monoisotopic (exact) mass is 299 g/mol. The second-order valence-corrected chi connectivity index (χ2v) is 5.71. The van der Waals surface area contributed by atoms with E-state index < -0.39 is 0 Å². The first-order chi connectivity index (χ1) is 10.3. The highest BCUT2D eigenvalue weighted by Gasteiger charge is 2.26. The van der Waals surface area contributed by atoms with E-state index in [1.54, 1.807) is 6.20 Å². The number of H-pyrrole nitrogens is 1. The van der Waals surface area contributed by atoms with Gasteiger partial charge in [-0.2, -0.15) is 5.10 Å². The van der Waals surface area contributed by atoms with Gasteiger partial charge in [0.15, 0.2) is 0 Å². The van der Waals surface area contributed by atoms with Gasteiger partial charge in [0.05, 0.1) is 22.4 Å². The number of nitrogens with zero attached hydrogens (tertiary/aromatic N) is 3. The molecule has 1 fully saturated rings. The Labute approximate surface area is 126 Å². The van der Waals surface area contributed by atoms with Gasteiger partial charge >= 0.3 is 0 Å². The highest BCUT2D eigenvalue weighted by Crippen LogP contribution is 2.37. The van der Waals surface area contributed by atoms with Crippen molar-refractivity contribution in [1.82, 2.24) is 20.2 Å². The van der Waals surface area contributed by atoms with Crippen molar-refractivity contribution in [3.05, 3.63) is 47.1 Å². The maximum absolute atomic E-state index is 6.37. The third kappa shape index (κ3) is 2.45. The first-order valence-corrected chi connectivity index (χ1v) is 7.35. The van der Waals surface area contributed by atoms with Crippen LogP contribution in [0.2, 0.25) is 5.02 Å². The van der Waals surface area contributed by atoms with Crippen LogP contribution in [0.4, 0.5) is 5.69 Å². The molecule has 4 rings (SSSR count). The van der Waals surface area contributed by atoms with Crippen LogP contribution in [0.25, 0.3) is 10.9 Å². The number of fused-ring (bicyclic) bond motifs is 1. The number of aromatic nitrogens is 4. The number of halogens is 1. The Hall–Kier alpha value is -2.14. The van der Waals surface area contributed by atoms with Crippen molar-refractivity contribution in [2.45, 2.75) is 25.3 Å². The Kier molecular flexibility index (Phi) is 3.00. The highest BCUT2D eigenvalue weighted by atomic mass is 35.5. The molecule has 0 unspecified atom stereocenters. The summed E-state index contributed by atoms with van der Waals surface area (Å²) >= 11 is 6.37. The average molecular weight is 300 g/mol. The van der Waals surface area contributed by atoms with E-state index in [9.17, 15) is 0 Å². The van der Waals surface area contributed by atoms with E-state index in [-0.39, 0.29) is 0 Å². The zero-order chi connectivity index (χ0) is 14.2. The van der Waals surface area contributed by atoms with Gasteiger partial charge in [0.1, 0.15) is 5.82 Å². The van der Waals surface area contributed by atoms with Gasteiger partial charge in [-0.1, -0.05) is 11.6 Å². The van der Waals surface area contributed by atoms with Crippen LogP contribution in [0.3, 0.4) is 0 Å². The molecular formula is C15H14ClN5. The molecule has 2 aromatic heterocycles. The molecule has 2 N–H and O–H groups in total. The van der Waals surface area contributed by atoms with Crippen molar-refractivity contribution in [1.29, 1.82) is 0 Å². The van der Waals surface area contributed by atoms with E-state index in [0.717, 1.165) is 28.0 Å². The van der Waals surface area contributed by atoms with Crippen molar-refractivity contribution < 1.29 is 0 Å². The summed E-state index contributed by atoms with van der Waals surface area (Å²) in [6, 6.07) is 3.91. The van der Waals surface area contributed by atoms with Gasteiger partial charge in [0.25, 0.3) is 0 Å². The van der Waals surface area contributed by atoms with Gasteiger partial charge < -0.3 is 5.32 Å². The number of hydrogen-bond donors (Lipinski definition) is 2. The zero-order valence-corrected chi connectivity index (χ0v) is 12.1. The van der Waals surface area contributed by atoms with Crippen LogP contribution < -0.4 is 5.32 Å². The van der Waals surface area contributed by atoms with Crippen molar-refractivity contribution in [3.8, 4) is 0 Å². The lowest BCUT2D eigenvalue weighted by molar-refractivity contribution is 0.905. The summed E-state index contributed by atoms with van der Waals surface area (Å²) in [6.45, 7) is 0.647. The van der Waals surface area contributed by atoms with Gasteiger partial charge in [-0.15, -0.1) is 0 Å². The summed E-state index contributed by atoms with van der Waals surface area (Å²) in [5.41, 5.74) is 2.86. The van der Waals surface area contributed by atoms with E-state index in [1.807, 2.05) is 24.5 Å². The Morgan fingerprint density at radius 3 is 2.76 bits per heavy atom.